The lowest BCUT2D eigenvalue weighted by Crippen LogP contribution is -2.54. The molecule has 1 aromatic carbocycles. The average Bonchev–Trinajstić information content (AvgIpc) is 2.45. The molecule has 25 heavy (non-hydrogen) atoms. The first-order valence-corrected chi connectivity index (χ1v) is 8.79. The van der Waals surface area contributed by atoms with Gasteiger partial charge in [0, 0.05) is 6.54 Å². The number of guanidine groups is 2. The summed E-state index contributed by atoms with van der Waals surface area (Å²) >= 11 is 0. The van der Waals surface area contributed by atoms with E-state index in [0.29, 0.717) is 0 Å². The molecule has 0 aliphatic carbocycles. The van der Waals surface area contributed by atoms with Crippen molar-refractivity contribution in [1.82, 2.24) is 9.79 Å². The summed E-state index contributed by atoms with van der Waals surface area (Å²) in [5, 5.41) is 1.30. The fourth-order valence-corrected chi connectivity index (χ4v) is 3.14. The van der Waals surface area contributed by atoms with E-state index in [1.807, 2.05) is 6.92 Å². The molecule has 0 amide bonds. The standard InChI is InChI=1S/C14H22N6O3S.BrH/c1-10-4-6-11(7-5-10)24(21,22)17-8-9-23-20-13(16)18-12(15)19-14(20,2)3;/h4-7,17H,8-9H2,1-3H3,(H4,15,16,18,19);1H. The van der Waals surface area contributed by atoms with Crippen LogP contribution in [0.25, 0.3) is 0 Å². The topological polar surface area (TPSA) is 135 Å². The number of aryl methyl sites for hydroxylation is 1. The van der Waals surface area contributed by atoms with Crippen LogP contribution in [-0.4, -0.2) is 44.2 Å². The number of halogens is 1. The first-order valence-electron chi connectivity index (χ1n) is 7.31. The molecular weight excluding hydrogens is 412 g/mol. The third kappa shape index (κ3) is 5.39. The van der Waals surface area contributed by atoms with E-state index < -0.39 is 15.7 Å². The van der Waals surface area contributed by atoms with E-state index in [1.54, 1.807) is 38.1 Å². The van der Waals surface area contributed by atoms with Crippen LogP contribution in [0.15, 0.2) is 39.1 Å². The van der Waals surface area contributed by atoms with Crippen molar-refractivity contribution in [2.24, 2.45) is 21.5 Å². The second kappa shape index (κ2) is 8.13. The Kier molecular flexibility index (Phi) is 6.94. The van der Waals surface area contributed by atoms with Crippen molar-refractivity contribution in [3.05, 3.63) is 29.8 Å². The first-order chi connectivity index (χ1) is 11.1. The highest BCUT2D eigenvalue weighted by Crippen LogP contribution is 2.19. The Balaban J connectivity index is 0.00000312. The van der Waals surface area contributed by atoms with Gasteiger partial charge in [0.15, 0.2) is 5.66 Å². The zero-order chi connectivity index (χ0) is 18.0. The molecule has 0 spiro atoms. The molecule has 9 nitrogen and oxygen atoms in total. The van der Waals surface area contributed by atoms with E-state index in [0.717, 1.165) is 5.56 Å². The summed E-state index contributed by atoms with van der Waals surface area (Å²) in [6.07, 6.45) is 0. The molecule has 1 aromatic rings. The molecule has 5 N–H and O–H groups in total. The lowest BCUT2D eigenvalue weighted by Gasteiger charge is -2.36. The lowest BCUT2D eigenvalue weighted by atomic mass is 10.2. The number of benzene rings is 1. The van der Waals surface area contributed by atoms with Crippen molar-refractivity contribution in [3.63, 3.8) is 0 Å². The second-order valence-electron chi connectivity index (χ2n) is 5.77. The average molecular weight is 435 g/mol. The largest absolute Gasteiger partial charge is 0.368 e. The third-order valence-electron chi connectivity index (χ3n) is 3.27. The maximum absolute atomic E-state index is 12.2. The normalized spacial score (nSPS) is 16.7. The van der Waals surface area contributed by atoms with Crippen LogP contribution in [0, 0.1) is 6.92 Å². The van der Waals surface area contributed by atoms with Gasteiger partial charge in [-0.2, -0.15) is 10.1 Å². The second-order valence-corrected chi connectivity index (χ2v) is 7.54. The zero-order valence-electron chi connectivity index (χ0n) is 14.3. The Bertz CT molecular complexity index is 761. The molecule has 140 valence electrons. The molecule has 0 saturated heterocycles. The van der Waals surface area contributed by atoms with Crippen molar-refractivity contribution < 1.29 is 13.3 Å². The zero-order valence-corrected chi connectivity index (χ0v) is 16.8. The van der Waals surface area contributed by atoms with E-state index in [4.69, 9.17) is 16.3 Å². The van der Waals surface area contributed by atoms with E-state index in [9.17, 15) is 8.42 Å². The number of nitrogens with one attached hydrogen (secondary N) is 1. The fraction of sp³-hybridized carbons (Fsp3) is 0.429. The first kappa shape index (κ1) is 21.4. The number of hydroxylamine groups is 2. The summed E-state index contributed by atoms with van der Waals surface area (Å²) in [7, 11) is -3.59. The Morgan fingerprint density at radius 2 is 1.84 bits per heavy atom. The van der Waals surface area contributed by atoms with Gasteiger partial charge in [0.05, 0.1) is 11.5 Å². The van der Waals surface area contributed by atoms with E-state index in [2.05, 4.69) is 14.7 Å². The van der Waals surface area contributed by atoms with Gasteiger partial charge in [-0.1, -0.05) is 17.7 Å². The minimum absolute atomic E-state index is 0. The molecule has 0 fully saturated rings. The van der Waals surface area contributed by atoms with Crippen LogP contribution in [0.3, 0.4) is 0 Å². The van der Waals surface area contributed by atoms with Gasteiger partial charge >= 0.3 is 0 Å². The maximum Gasteiger partial charge on any atom is 0.240 e. The van der Waals surface area contributed by atoms with Gasteiger partial charge in [0.2, 0.25) is 21.9 Å². The molecular formula is C14H23BrN6O3S. The number of hydrogen-bond donors (Lipinski definition) is 3. The number of nitrogens with two attached hydrogens (primary N) is 2. The number of hydrogen-bond acceptors (Lipinski definition) is 8. The maximum atomic E-state index is 12.2. The highest BCUT2D eigenvalue weighted by Gasteiger charge is 2.33. The van der Waals surface area contributed by atoms with Crippen LogP contribution in [0.4, 0.5) is 0 Å². The number of sulfonamides is 1. The van der Waals surface area contributed by atoms with Crippen LogP contribution >= 0.6 is 17.0 Å². The van der Waals surface area contributed by atoms with Gasteiger partial charge in [-0.25, -0.2) is 18.1 Å². The molecule has 0 saturated carbocycles. The molecule has 11 heteroatoms. The molecule has 0 aromatic heterocycles. The van der Waals surface area contributed by atoms with Crippen molar-refractivity contribution in [2.45, 2.75) is 31.3 Å². The van der Waals surface area contributed by atoms with Crippen LogP contribution in [-0.2, 0) is 14.9 Å². The SMILES string of the molecule is Br.Cc1ccc(S(=O)(=O)NCCON2C(N)=NC(N)=NC2(C)C)cc1. The summed E-state index contributed by atoms with van der Waals surface area (Å²) in [4.78, 5) is 13.6. The quantitative estimate of drug-likeness (QED) is 0.556. The molecule has 1 aliphatic rings. The minimum Gasteiger partial charge on any atom is -0.368 e. The van der Waals surface area contributed by atoms with Crippen LogP contribution in [0.2, 0.25) is 0 Å². The highest BCUT2D eigenvalue weighted by atomic mass is 79.9. The lowest BCUT2D eigenvalue weighted by molar-refractivity contribution is -0.154. The summed E-state index contributed by atoms with van der Waals surface area (Å²) in [6, 6.07) is 6.57. The molecule has 1 heterocycles. The van der Waals surface area contributed by atoms with Gasteiger partial charge < -0.3 is 11.5 Å². The van der Waals surface area contributed by atoms with Crippen molar-refractivity contribution in [1.29, 1.82) is 0 Å². The predicted octanol–water partition coefficient (Wildman–Crippen LogP) is 0.464. The smallest absolute Gasteiger partial charge is 0.240 e. The van der Waals surface area contributed by atoms with Gasteiger partial charge in [-0.3, -0.25) is 4.84 Å². The van der Waals surface area contributed by atoms with Gasteiger partial charge in [-0.15, -0.1) is 17.0 Å². The Morgan fingerprint density at radius 3 is 2.40 bits per heavy atom. The highest BCUT2D eigenvalue weighted by molar-refractivity contribution is 8.93. The predicted molar refractivity (Wildman–Crippen MR) is 102 cm³/mol. The Hall–Kier alpha value is -1.69. The van der Waals surface area contributed by atoms with Crippen molar-refractivity contribution in [3.8, 4) is 0 Å². The van der Waals surface area contributed by atoms with Crippen LogP contribution < -0.4 is 16.2 Å². The molecule has 0 atom stereocenters. The summed E-state index contributed by atoms with van der Waals surface area (Å²) in [6.45, 7) is 5.50. The molecule has 0 radical (unpaired) electrons. The van der Waals surface area contributed by atoms with E-state index >= 15 is 0 Å². The van der Waals surface area contributed by atoms with Crippen molar-refractivity contribution >= 4 is 38.9 Å². The number of nitrogens with zero attached hydrogens (tertiary/aromatic N) is 3. The van der Waals surface area contributed by atoms with Gasteiger partial charge in [-0.05, 0) is 32.9 Å². The fourth-order valence-electron chi connectivity index (χ4n) is 2.13. The Labute approximate surface area is 157 Å². The summed E-state index contributed by atoms with van der Waals surface area (Å²) < 4.78 is 26.8. The monoisotopic (exact) mass is 434 g/mol. The molecule has 2 rings (SSSR count). The van der Waals surface area contributed by atoms with Crippen LogP contribution in [0.5, 0.6) is 0 Å². The Morgan fingerprint density at radius 1 is 1.24 bits per heavy atom. The van der Waals surface area contributed by atoms with Gasteiger partial charge in [0.1, 0.15) is 0 Å². The minimum atomic E-state index is -3.59. The third-order valence-corrected chi connectivity index (χ3v) is 4.75. The van der Waals surface area contributed by atoms with E-state index in [-0.39, 0.29) is 46.9 Å². The van der Waals surface area contributed by atoms with Crippen LogP contribution in [0.1, 0.15) is 19.4 Å². The summed E-state index contributed by atoms with van der Waals surface area (Å²) in [5.41, 5.74) is 11.5. The number of rotatable bonds is 6. The summed E-state index contributed by atoms with van der Waals surface area (Å²) in [5.74, 6) is 0.131. The van der Waals surface area contributed by atoms with Gasteiger partial charge in [0.25, 0.3) is 0 Å². The van der Waals surface area contributed by atoms with Crippen molar-refractivity contribution in [2.75, 3.05) is 13.2 Å². The molecule has 1 aliphatic heterocycles. The van der Waals surface area contributed by atoms with E-state index in [1.165, 1.54) is 5.06 Å². The molecule has 0 bridgehead atoms. The number of aliphatic imine (C=N–C) groups is 2. The molecule has 0 unspecified atom stereocenters.